The summed E-state index contributed by atoms with van der Waals surface area (Å²) in [7, 11) is 1.65. The van der Waals surface area contributed by atoms with Crippen LogP contribution in [0.5, 0.6) is 11.5 Å². The van der Waals surface area contributed by atoms with Gasteiger partial charge in [0.15, 0.2) is 11.5 Å². The smallest absolute Gasteiger partial charge is 0.161 e. The topological polar surface area (TPSA) is 39.7 Å². The molecule has 0 aromatic heterocycles. The first-order valence-electron chi connectivity index (χ1n) is 6.92. The first-order chi connectivity index (χ1) is 9.38. The van der Waals surface area contributed by atoms with Gasteiger partial charge in [-0.3, -0.25) is 0 Å². The first-order valence-corrected chi connectivity index (χ1v) is 6.92. The molecule has 1 N–H and O–H groups in total. The van der Waals surface area contributed by atoms with E-state index in [1.807, 2.05) is 31.2 Å². The lowest BCUT2D eigenvalue weighted by atomic mass is 10.3. The third-order valence-electron chi connectivity index (χ3n) is 2.70. The third kappa shape index (κ3) is 7.03. The fourth-order valence-corrected chi connectivity index (χ4v) is 1.69. The van der Waals surface area contributed by atoms with Crippen molar-refractivity contribution in [2.24, 2.45) is 0 Å². The molecule has 0 radical (unpaired) electrons. The Hall–Kier alpha value is -1.26. The molecule has 0 aliphatic rings. The molecule has 0 unspecified atom stereocenters. The standard InChI is InChI=1S/C15H25NO3/c1-3-18-12-7-6-10-16-11-13-19-15-9-5-4-8-14(15)17-2/h4-5,8-9,16H,3,6-7,10-13H2,1-2H3. The maximum atomic E-state index is 5.66. The second-order valence-corrected chi connectivity index (χ2v) is 4.15. The van der Waals surface area contributed by atoms with Gasteiger partial charge in [0.2, 0.25) is 0 Å². The molecule has 0 bridgehead atoms. The van der Waals surface area contributed by atoms with Crippen LogP contribution in [0.25, 0.3) is 0 Å². The molecule has 0 heterocycles. The monoisotopic (exact) mass is 267 g/mol. The summed E-state index contributed by atoms with van der Waals surface area (Å²) < 4.78 is 16.2. The van der Waals surface area contributed by atoms with Gasteiger partial charge in [0.05, 0.1) is 7.11 Å². The SMILES string of the molecule is CCOCCCCNCCOc1ccccc1OC. The Balaban J connectivity index is 2.01. The van der Waals surface area contributed by atoms with Crippen molar-refractivity contribution in [3.8, 4) is 11.5 Å². The fraction of sp³-hybridized carbons (Fsp3) is 0.600. The van der Waals surface area contributed by atoms with Crippen molar-refractivity contribution in [1.82, 2.24) is 5.32 Å². The van der Waals surface area contributed by atoms with Gasteiger partial charge >= 0.3 is 0 Å². The van der Waals surface area contributed by atoms with Crippen molar-refractivity contribution in [1.29, 1.82) is 0 Å². The molecule has 4 heteroatoms. The van der Waals surface area contributed by atoms with E-state index in [0.717, 1.165) is 50.6 Å². The lowest BCUT2D eigenvalue weighted by Crippen LogP contribution is -2.22. The second-order valence-electron chi connectivity index (χ2n) is 4.15. The zero-order chi connectivity index (χ0) is 13.8. The summed E-state index contributed by atoms with van der Waals surface area (Å²) >= 11 is 0. The quantitative estimate of drug-likeness (QED) is 0.625. The Morgan fingerprint density at radius 3 is 2.53 bits per heavy atom. The van der Waals surface area contributed by atoms with Gasteiger partial charge in [0, 0.05) is 19.8 Å². The summed E-state index contributed by atoms with van der Waals surface area (Å²) in [5, 5.41) is 3.35. The summed E-state index contributed by atoms with van der Waals surface area (Å²) in [6.45, 7) is 6.17. The number of ether oxygens (including phenoxy) is 3. The average Bonchev–Trinajstić information content (AvgIpc) is 2.46. The average molecular weight is 267 g/mol. The van der Waals surface area contributed by atoms with Crippen LogP contribution in [0.1, 0.15) is 19.8 Å². The molecule has 108 valence electrons. The van der Waals surface area contributed by atoms with Gasteiger partial charge in [0.1, 0.15) is 6.61 Å². The van der Waals surface area contributed by atoms with E-state index in [0.29, 0.717) is 6.61 Å². The number of hydrogen-bond acceptors (Lipinski definition) is 4. The molecule has 0 saturated carbocycles. The van der Waals surface area contributed by atoms with Crippen molar-refractivity contribution in [2.75, 3.05) is 40.0 Å². The molecule has 19 heavy (non-hydrogen) atoms. The molecular weight excluding hydrogens is 242 g/mol. The molecule has 4 nitrogen and oxygen atoms in total. The van der Waals surface area contributed by atoms with E-state index in [-0.39, 0.29) is 0 Å². The van der Waals surface area contributed by atoms with Crippen LogP contribution in [-0.4, -0.2) is 40.0 Å². The van der Waals surface area contributed by atoms with Crippen LogP contribution in [0.4, 0.5) is 0 Å². The van der Waals surface area contributed by atoms with Crippen LogP contribution in [-0.2, 0) is 4.74 Å². The van der Waals surface area contributed by atoms with E-state index in [2.05, 4.69) is 5.32 Å². The van der Waals surface area contributed by atoms with Gasteiger partial charge in [-0.2, -0.15) is 0 Å². The van der Waals surface area contributed by atoms with Gasteiger partial charge in [-0.15, -0.1) is 0 Å². The Morgan fingerprint density at radius 1 is 1.00 bits per heavy atom. The van der Waals surface area contributed by atoms with Crippen molar-refractivity contribution < 1.29 is 14.2 Å². The molecule has 0 aliphatic carbocycles. The number of methoxy groups -OCH3 is 1. The highest BCUT2D eigenvalue weighted by molar-refractivity contribution is 5.39. The number of hydrogen-bond donors (Lipinski definition) is 1. The summed E-state index contributed by atoms with van der Waals surface area (Å²) in [5.74, 6) is 1.57. The number of para-hydroxylation sites is 2. The van der Waals surface area contributed by atoms with Crippen molar-refractivity contribution >= 4 is 0 Å². The minimum absolute atomic E-state index is 0.645. The zero-order valence-corrected chi connectivity index (χ0v) is 12.0. The normalized spacial score (nSPS) is 10.4. The Kier molecular flexibility index (Phi) is 8.85. The van der Waals surface area contributed by atoms with Gasteiger partial charge in [-0.05, 0) is 38.4 Å². The lowest BCUT2D eigenvalue weighted by Gasteiger charge is -2.10. The maximum Gasteiger partial charge on any atom is 0.161 e. The highest BCUT2D eigenvalue weighted by atomic mass is 16.5. The van der Waals surface area contributed by atoms with Gasteiger partial charge in [-0.1, -0.05) is 12.1 Å². The summed E-state index contributed by atoms with van der Waals surface area (Å²) in [4.78, 5) is 0. The van der Waals surface area contributed by atoms with Crippen LogP contribution in [0, 0.1) is 0 Å². The van der Waals surface area contributed by atoms with Gasteiger partial charge in [-0.25, -0.2) is 0 Å². The number of rotatable bonds is 11. The van der Waals surface area contributed by atoms with Crippen LogP contribution in [0.15, 0.2) is 24.3 Å². The number of benzene rings is 1. The largest absolute Gasteiger partial charge is 0.493 e. The maximum absolute atomic E-state index is 5.66. The van der Waals surface area contributed by atoms with Gasteiger partial charge in [0.25, 0.3) is 0 Å². The van der Waals surface area contributed by atoms with Crippen LogP contribution in [0.3, 0.4) is 0 Å². The number of unbranched alkanes of at least 4 members (excludes halogenated alkanes) is 1. The van der Waals surface area contributed by atoms with Crippen molar-refractivity contribution in [3.05, 3.63) is 24.3 Å². The molecule has 1 rings (SSSR count). The van der Waals surface area contributed by atoms with E-state index in [1.165, 1.54) is 0 Å². The predicted octanol–water partition coefficient (Wildman–Crippen LogP) is 2.48. The van der Waals surface area contributed by atoms with E-state index >= 15 is 0 Å². The third-order valence-corrected chi connectivity index (χ3v) is 2.70. The van der Waals surface area contributed by atoms with E-state index in [9.17, 15) is 0 Å². The van der Waals surface area contributed by atoms with Crippen LogP contribution >= 0.6 is 0 Å². The number of nitrogens with one attached hydrogen (secondary N) is 1. The Labute approximate surface area is 116 Å². The van der Waals surface area contributed by atoms with Crippen LogP contribution in [0.2, 0.25) is 0 Å². The lowest BCUT2D eigenvalue weighted by molar-refractivity contribution is 0.143. The summed E-state index contributed by atoms with van der Waals surface area (Å²) in [5.41, 5.74) is 0. The molecular formula is C15H25NO3. The first kappa shape index (κ1) is 15.8. The minimum Gasteiger partial charge on any atom is -0.493 e. The highest BCUT2D eigenvalue weighted by Gasteiger charge is 2.01. The van der Waals surface area contributed by atoms with E-state index < -0.39 is 0 Å². The molecule has 0 atom stereocenters. The zero-order valence-electron chi connectivity index (χ0n) is 12.0. The molecule has 1 aromatic rings. The second kappa shape index (κ2) is 10.6. The molecule has 1 aromatic carbocycles. The Bertz CT molecular complexity index is 331. The summed E-state index contributed by atoms with van der Waals surface area (Å²) in [6.07, 6.45) is 2.24. The minimum atomic E-state index is 0.645. The molecule has 0 spiro atoms. The molecule has 0 amide bonds. The van der Waals surface area contributed by atoms with E-state index in [1.54, 1.807) is 7.11 Å². The Morgan fingerprint density at radius 2 is 1.79 bits per heavy atom. The van der Waals surface area contributed by atoms with Crippen molar-refractivity contribution in [3.63, 3.8) is 0 Å². The van der Waals surface area contributed by atoms with Crippen LogP contribution < -0.4 is 14.8 Å². The predicted molar refractivity (Wildman–Crippen MR) is 77.1 cm³/mol. The highest BCUT2D eigenvalue weighted by Crippen LogP contribution is 2.25. The molecule has 0 aliphatic heterocycles. The van der Waals surface area contributed by atoms with Gasteiger partial charge < -0.3 is 19.5 Å². The fourth-order valence-electron chi connectivity index (χ4n) is 1.69. The summed E-state index contributed by atoms with van der Waals surface area (Å²) in [6, 6.07) is 7.69. The van der Waals surface area contributed by atoms with E-state index in [4.69, 9.17) is 14.2 Å². The van der Waals surface area contributed by atoms with Crippen molar-refractivity contribution in [2.45, 2.75) is 19.8 Å². The molecule has 0 fully saturated rings. The molecule has 0 saturated heterocycles.